The molecule has 0 spiro atoms. The van der Waals surface area contributed by atoms with Crippen LogP contribution in [0.15, 0.2) is 36.8 Å². The van der Waals surface area contributed by atoms with Gasteiger partial charge in [-0.25, -0.2) is 4.98 Å². The van der Waals surface area contributed by atoms with Crippen molar-refractivity contribution in [2.75, 3.05) is 0 Å². The van der Waals surface area contributed by atoms with E-state index in [0.717, 1.165) is 0 Å². The number of nitro groups is 1. The normalized spacial score (nSPS) is 12.3. The third-order valence-electron chi connectivity index (χ3n) is 3.05. The summed E-state index contributed by atoms with van der Waals surface area (Å²) in [4.78, 5) is 18.6. The van der Waals surface area contributed by atoms with E-state index in [-0.39, 0.29) is 16.5 Å². The molecule has 1 atom stereocenters. The van der Waals surface area contributed by atoms with Gasteiger partial charge in [-0.3, -0.25) is 10.1 Å². The number of hydrogen-bond donors (Lipinski definition) is 0. The van der Waals surface area contributed by atoms with Gasteiger partial charge < -0.3 is 4.74 Å². The zero-order chi connectivity index (χ0) is 15.7. The summed E-state index contributed by atoms with van der Waals surface area (Å²) >= 11 is 5.79. The van der Waals surface area contributed by atoms with Gasteiger partial charge in [0.15, 0.2) is 5.75 Å². The number of nitrogens with zero attached hydrogens (tertiary/aromatic N) is 5. The summed E-state index contributed by atoms with van der Waals surface area (Å²) < 4.78 is 7.23. The average Bonchev–Trinajstić information content (AvgIpc) is 2.97. The number of hydrogen-bond acceptors (Lipinski definition) is 6. The van der Waals surface area contributed by atoms with Gasteiger partial charge in [-0.15, -0.1) is 0 Å². The molecule has 112 valence electrons. The van der Waals surface area contributed by atoms with E-state index in [2.05, 4.69) is 15.1 Å². The molecule has 0 bridgehead atoms. The highest BCUT2D eigenvalue weighted by Crippen LogP contribution is 2.33. The van der Waals surface area contributed by atoms with Crippen molar-refractivity contribution in [3.8, 4) is 5.75 Å². The number of benzene rings is 1. The van der Waals surface area contributed by atoms with Crippen LogP contribution >= 0.6 is 11.6 Å². The number of halogens is 1. The Hall–Kier alpha value is -2.74. The summed E-state index contributed by atoms with van der Waals surface area (Å²) in [5.41, 5.74) is 0.481. The molecule has 0 amide bonds. The van der Waals surface area contributed by atoms with E-state index in [1.165, 1.54) is 29.0 Å². The Labute approximate surface area is 129 Å². The lowest BCUT2D eigenvalue weighted by Crippen LogP contribution is -2.10. The summed E-state index contributed by atoms with van der Waals surface area (Å²) in [5, 5.41) is 15.4. The van der Waals surface area contributed by atoms with Gasteiger partial charge in [-0.1, -0.05) is 11.6 Å². The highest BCUT2D eigenvalue weighted by atomic mass is 35.5. The van der Waals surface area contributed by atoms with Crippen LogP contribution in [-0.2, 0) is 0 Å². The molecule has 0 radical (unpaired) electrons. The van der Waals surface area contributed by atoms with Crippen LogP contribution in [0.1, 0.15) is 18.7 Å². The number of ether oxygens (including phenoxy) is 1. The van der Waals surface area contributed by atoms with E-state index in [1.54, 1.807) is 19.2 Å². The Morgan fingerprint density at radius 1 is 1.36 bits per heavy atom. The van der Waals surface area contributed by atoms with Crippen LogP contribution in [0.2, 0.25) is 5.02 Å². The van der Waals surface area contributed by atoms with Crippen LogP contribution < -0.4 is 4.74 Å². The molecule has 0 N–H and O–H groups in total. The topological polar surface area (TPSA) is 95.5 Å². The molecule has 22 heavy (non-hydrogen) atoms. The van der Waals surface area contributed by atoms with Crippen molar-refractivity contribution in [3.63, 3.8) is 0 Å². The number of fused-ring (bicyclic) bond motifs is 1. The molecular formula is C13H10ClN5O3. The molecule has 0 aliphatic rings. The van der Waals surface area contributed by atoms with Gasteiger partial charge in [0.1, 0.15) is 12.4 Å². The first-order valence-electron chi connectivity index (χ1n) is 6.31. The van der Waals surface area contributed by atoms with E-state index in [9.17, 15) is 10.1 Å². The van der Waals surface area contributed by atoms with Crippen molar-refractivity contribution in [2.45, 2.75) is 13.0 Å². The highest BCUT2D eigenvalue weighted by molar-refractivity contribution is 6.30. The largest absolute Gasteiger partial charge is 0.477 e. The molecule has 0 fully saturated rings. The van der Waals surface area contributed by atoms with Crippen LogP contribution in [0, 0.1) is 10.1 Å². The first-order chi connectivity index (χ1) is 10.6. The SMILES string of the molecule is C[C@@H](Oc1ccc(Cl)cc1[N+](=O)[O-])c1ccnc2ncnn12. The van der Waals surface area contributed by atoms with Gasteiger partial charge in [0.05, 0.1) is 10.6 Å². The van der Waals surface area contributed by atoms with Crippen LogP contribution in [0.4, 0.5) is 5.69 Å². The Balaban J connectivity index is 1.96. The standard InChI is InChI=1S/C13H10ClN5O3/c1-8(10-4-5-15-13-16-7-17-18(10)13)22-12-3-2-9(14)6-11(12)19(20)21/h2-8H,1H3/t8-/m1/s1. The second-order valence-corrected chi connectivity index (χ2v) is 4.91. The lowest BCUT2D eigenvalue weighted by Gasteiger charge is -2.15. The Morgan fingerprint density at radius 3 is 2.95 bits per heavy atom. The van der Waals surface area contributed by atoms with Crippen molar-refractivity contribution in [3.05, 3.63) is 57.6 Å². The van der Waals surface area contributed by atoms with E-state index in [1.807, 2.05) is 0 Å². The van der Waals surface area contributed by atoms with Crippen LogP contribution in [0.25, 0.3) is 5.78 Å². The van der Waals surface area contributed by atoms with E-state index < -0.39 is 11.0 Å². The minimum atomic E-state index is -0.536. The van der Waals surface area contributed by atoms with Crippen LogP contribution in [0.5, 0.6) is 5.75 Å². The second kappa shape index (κ2) is 5.57. The molecule has 3 aromatic rings. The van der Waals surface area contributed by atoms with Crippen LogP contribution in [-0.4, -0.2) is 24.5 Å². The van der Waals surface area contributed by atoms with Crippen molar-refractivity contribution < 1.29 is 9.66 Å². The second-order valence-electron chi connectivity index (χ2n) is 4.47. The van der Waals surface area contributed by atoms with Crippen molar-refractivity contribution in [1.82, 2.24) is 19.6 Å². The highest BCUT2D eigenvalue weighted by Gasteiger charge is 2.20. The first-order valence-corrected chi connectivity index (χ1v) is 6.69. The summed E-state index contributed by atoms with van der Waals surface area (Å²) in [7, 11) is 0. The Bertz CT molecular complexity index is 851. The summed E-state index contributed by atoms with van der Waals surface area (Å²) in [6.07, 6.45) is 2.46. The molecule has 0 aliphatic carbocycles. The van der Waals surface area contributed by atoms with Crippen molar-refractivity contribution in [1.29, 1.82) is 0 Å². The maximum absolute atomic E-state index is 11.1. The smallest absolute Gasteiger partial charge is 0.312 e. The summed E-state index contributed by atoms with van der Waals surface area (Å²) in [5.74, 6) is 0.561. The molecular weight excluding hydrogens is 310 g/mol. The van der Waals surface area contributed by atoms with E-state index in [4.69, 9.17) is 16.3 Å². The number of nitro benzene ring substituents is 1. The third-order valence-corrected chi connectivity index (χ3v) is 3.28. The molecule has 2 aromatic heterocycles. The molecule has 8 nitrogen and oxygen atoms in total. The van der Waals surface area contributed by atoms with Gasteiger partial charge in [-0.05, 0) is 25.1 Å². The third kappa shape index (κ3) is 2.56. The van der Waals surface area contributed by atoms with Gasteiger partial charge in [0, 0.05) is 17.3 Å². The fraction of sp³-hybridized carbons (Fsp3) is 0.154. The minimum absolute atomic E-state index is 0.131. The first kappa shape index (κ1) is 14.2. The maximum atomic E-state index is 11.1. The molecule has 0 saturated carbocycles. The Morgan fingerprint density at radius 2 is 2.18 bits per heavy atom. The maximum Gasteiger partial charge on any atom is 0.312 e. The van der Waals surface area contributed by atoms with E-state index in [0.29, 0.717) is 11.5 Å². The zero-order valence-corrected chi connectivity index (χ0v) is 12.1. The summed E-state index contributed by atoms with van der Waals surface area (Å²) in [6, 6.07) is 5.97. The van der Waals surface area contributed by atoms with Gasteiger partial charge in [0.2, 0.25) is 0 Å². The number of rotatable bonds is 4. The van der Waals surface area contributed by atoms with E-state index >= 15 is 0 Å². The van der Waals surface area contributed by atoms with Gasteiger partial charge in [0.25, 0.3) is 5.78 Å². The fourth-order valence-corrected chi connectivity index (χ4v) is 2.21. The monoisotopic (exact) mass is 319 g/mol. The molecule has 0 saturated heterocycles. The number of aromatic nitrogens is 4. The van der Waals surface area contributed by atoms with Crippen molar-refractivity contribution in [2.24, 2.45) is 0 Å². The minimum Gasteiger partial charge on any atom is -0.477 e. The molecule has 0 unspecified atom stereocenters. The lowest BCUT2D eigenvalue weighted by atomic mass is 10.2. The van der Waals surface area contributed by atoms with Gasteiger partial charge in [-0.2, -0.15) is 14.6 Å². The molecule has 2 heterocycles. The molecule has 0 aliphatic heterocycles. The predicted octanol–water partition coefficient (Wildman–Crippen LogP) is 2.83. The fourth-order valence-electron chi connectivity index (χ4n) is 2.05. The van der Waals surface area contributed by atoms with Crippen molar-refractivity contribution >= 4 is 23.1 Å². The zero-order valence-electron chi connectivity index (χ0n) is 11.4. The Kier molecular flexibility index (Phi) is 3.60. The lowest BCUT2D eigenvalue weighted by molar-refractivity contribution is -0.386. The van der Waals surface area contributed by atoms with Crippen LogP contribution in [0.3, 0.4) is 0 Å². The predicted molar refractivity (Wildman–Crippen MR) is 77.9 cm³/mol. The molecule has 9 heteroatoms. The van der Waals surface area contributed by atoms with Gasteiger partial charge >= 0.3 is 5.69 Å². The molecule has 1 aromatic carbocycles. The molecule has 3 rings (SSSR count). The average molecular weight is 320 g/mol. The quantitative estimate of drug-likeness (QED) is 0.542. The summed E-state index contributed by atoms with van der Waals surface area (Å²) in [6.45, 7) is 1.76.